The zero-order chi connectivity index (χ0) is 10.7. The molecule has 0 radical (unpaired) electrons. The van der Waals surface area contributed by atoms with Crippen molar-refractivity contribution in [2.75, 3.05) is 5.73 Å². The molecule has 1 rings (SSSR count). The fourth-order valence-electron chi connectivity index (χ4n) is 1.03. The Kier molecular flexibility index (Phi) is 3.11. The molecule has 0 aliphatic carbocycles. The van der Waals surface area contributed by atoms with Gasteiger partial charge in [0, 0.05) is 13.1 Å². The van der Waals surface area contributed by atoms with Gasteiger partial charge in [0.15, 0.2) is 0 Å². The van der Waals surface area contributed by atoms with E-state index < -0.39 is 0 Å². The lowest BCUT2D eigenvalue weighted by Crippen LogP contribution is -2.32. The molecule has 1 atom stereocenters. The van der Waals surface area contributed by atoms with Crippen molar-refractivity contribution in [2.45, 2.75) is 26.3 Å². The van der Waals surface area contributed by atoms with Gasteiger partial charge in [-0.2, -0.15) is 5.10 Å². The fraction of sp³-hybridized carbons (Fsp3) is 0.556. The number of nitrogens with zero attached hydrogens (tertiary/aromatic N) is 2. The number of hydrogen-bond donors (Lipinski definition) is 2. The van der Waals surface area contributed by atoms with Crippen molar-refractivity contribution in [1.29, 1.82) is 0 Å². The number of aromatic nitrogens is 2. The Morgan fingerprint density at radius 1 is 1.79 bits per heavy atom. The van der Waals surface area contributed by atoms with Gasteiger partial charge >= 0.3 is 0 Å². The van der Waals surface area contributed by atoms with Crippen molar-refractivity contribution >= 4 is 11.7 Å². The van der Waals surface area contributed by atoms with E-state index in [1.165, 1.54) is 10.9 Å². The van der Waals surface area contributed by atoms with Crippen LogP contribution in [0.2, 0.25) is 0 Å². The van der Waals surface area contributed by atoms with E-state index >= 15 is 0 Å². The number of hydrogen-bond acceptors (Lipinski definition) is 3. The molecule has 1 aromatic rings. The van der Waals surface area contributed by atoms with Gasteiger partial charge in [-0.25, -0.2) is 0 Å². The molecule has 0 fully saturated rings. The van der Waals surface area contributed by atoms with Crippen LogP contribution in [0.3, 0.4) is 0 Å². The minimum atomic E-state index is -0.162. The van der Waals surface area contributed by atoms with E-state index in [1.807, 2.05) is 13.8 Å². The third-order valence-corrected chi connectivity index (χ3v) is 2.22. The monoisotopic (exact) mass is 196 g/mol. The highest BCUT2D eigenvalue weighted by Crippen LogP contribution is 2.09. The van der Waals surface area contributed by atoms with Gasteiger partial charge in [-0.05, 0) is 13.3 Å². The van der Waals surface area contributed by atoms with Gasteiger partial charge in [-0.3, -0.25) is 9.48 Å². The molecule has 5 heteroatoms. The van der Waals surface area contributed by atoms with Crippen molar-refractivity contribution in [3.8, 4) is 0 Å². The number of nitrogens with two attached hydrogens (primary N) is 1. The van der Waals surface area contributed by atoms with E-state index in [9.17, 15) is 4.79 Å². The van der Waals surface area contributed by atoms with Crippen LogP contribution in [0.4, 0.5) is 5.82 Å². The van der Waals surface area contributed by atoms with E-state index in [2.05, 4.69) is 10.4 Å². The Hall–Kier alpha value is -1.52. The summed E-state index contributed by atoms with van der Waals surface area (Å²) in [5.74, 6) is 0.232. The summed E-state index contributed by atoms with van der Waals surface area (Å²) in [7, 11) is 1.70. The maximum atomic E-state index is 11.6. The van der Waals surface area contributed by atoms with E-state index in [0.29, 0.717) is 11.4 Å². The number of nitrogens with one attached hydrogen (secondary N) is 1. The lowest BCUT2D eigenvalue weighted by Gasteiger charge is -2.10. The Morgan fingerprint density at radius 2 is 2.43 bits per heavy atom. The largest absolute Gasteiger partial charge is 0.383 e. The predicted octanol–water partition coefficient (Wildman–Crippen LogP) is 0.531. The van der Waals surface area contributed by atoms with Crippen molar-refractivity contribution in [1.82, 2.24) is 15.1 Å². The van der Waals surface area contributed by atoms with Crippen molar-refractivity contribution in [2.24, 2.45) is 7.05 Å². The summed E-state index contributed by atoms with van der Waals surface area (Å²) in [5.41, 5.74) is 6.10. The van der Waals surface area contributed by atoms with Crippen molar-refractivity contribution < 1.29 is 4.79 Å². The molecule has 1 unspecified atom stereocenters. The third-order valence-electron chi connectivity index (χ3n) is 2.22. The van der Waals surface area contributed by atoms with Crippen LogP contribution in [-0.4, -0.2) is 21.7 Å². The first-order valence-electron chi connectivity index (χ1n) is 4.64. The number of anilines is 1. The van der Waals surface area contributed by atoms with Gasteiger partial charge in [0.1, 0.15) is 11.4 Å². The molecule has 14 heavy (non-hydrogen) atoms. The van der Waals surface area contributed by atoms with Crippen molar-refractivity contribution in [3.63, 3.8) is 0 Å². The highest BCUT2D eigenvalue weighted by Gasteiger charge is 2.14. The van der Waals surface area contributed by atoms with E-state index in [-0.39, 0.29) is 11.9 Å². The number of aryl methyl sites for hydroxylation is 1. The van der Waals surface area contributed by atoms with Crippen LogP contribution in [0, 0.1) is 0 Å². The molecule has 0 aromatic carbocycles. The Morgan fingerprint density at radius 3 is 2.86 bits per heavy atom. The normalized spacial score (nSPS) is 12.5. The molecule has 0 aliphatic rings. The SMILES string of the molecule is CCC(C)NC(=O)c1cnn(C)c1N. The standard InChI is InChI=1S/C9H16N4O/c1-4-6(2)12-9(14)7-5-11-13(3)8(7)10/h5-6H,4,10H2,1-3H3,(H,12,14). The second kappa shape index (κ2) is 4.13. The summed E-state index contributed by atoms with van der Waals surface area (Å²) in [6.07, 6.45) is 2.37. The predicted molar refractivity (Wildman–Crippen MR) is 54.8 cm³/mol. The van der Waals surface area contributed by atoms with Crippen LogP contribution in [0.25, 0.3) is 0 Å². The van der Waals surface area contributed by atoms with Crippen LogP contribution in [0.15, 0.2) is 6.20 Å². The molecule has 1 heterocycles. The van der Waals surface area contributed by atoms with Gasteiger partial charge in [-0.1, -0.05) is 6.92 Å². The highest BCUT2D eigenvalue weighted by atomic mass is 16.1. The maximum absolute atomic E-state index is 11.6. The number of carbonyl (C=O) groups is 1. The van der Waals surface area contributed by atoms with E-state index in [1.54, 1.807) is 7.05 Å². The van der Waals surface area contributed by atoms with Gasteiger partial charge < -0.3 is 11.1 Å². The molecule has 1 aromatic heterocycles. The molecule has 0 bridgehead atoms. The van der Waals surface area contributed by atoms with Crippen LogP contribution >= 0.6 is 0 Å². The Bertz CT molecular complexity index is 332. The molecule has 0 saturated heterocycles. The average molecular weight is 196 g/mol. The maximum Gasteiger partial charge on any atom is 0.256 e. The van der Waals surface area contributed by atoms with E-state index in [4.69, 9.17) is 5.73 Å². The minimum absolute atomic E-state index is 0.155. The lowest BCUT2D eigenvalue weighted by molar-refractivity contribution is 0.0940. The van der Waals surface area contributed by atoms with Crippen molar-refractivity contribution in [3.05, 3.63) is 11.8 Å². The van der Waals surface area contributed by atoms with Gasteiger partial charge in [-0.15, -0.1) is 0 Å². The molecule has 1 amide bonds. The fourth-order valence-corrected chi connectivity index (χ4v) is 1.03. The van der Waals surface area contributed by atoms with Gasteiger partial charge in [0.05, 0.1) is 6.20 Å². The zero-order valence-electron chi connectivity index (χ0n) is 8.74. The first-order valence-corrected chi connectivity index (χ1v) is 4.64. The smallest absolute Gasteiger partial charge is 0.256 e. The molecule has 3 N–H and O–H groups in total. The number of nitrogen functional groups attached to an aromatic ring is 1. The summed E-state index contributed by atoms with van der Waals surface area (Å²) in [4.78, 5) is 11.6. The number of amides is 1. The molecule has 0 saturated carbocycles. The topological polar surface area (TPSA) is 72.9 Å². The lowest BCUT2D eigenvalue weighted by atomic mass is 10.2. The molecular weight excluding hydrogens is 180 g/mol. The zero-order valence-corrected chi connectivity index (χ0v) is 8.74. The van der Waals surface area contributed by atoms with Crippen LogP contribution < -0.4 is 11.1 Å². The number of rotatable bonds is 3. The van der Waals surface area contributed by atoms with Gasteiger partial charge in [0.25, 0.3) is 5.91 Å². The molecule has 0 aliphatic heterocycles. The average Bonchev–Trinajstić information content (AvgIpc) is 2.47. The molecular formula is C9H16N4O. The first kappa shape index (κ1) is 10.6. The summed E-state index contributed by atoms with van der Waals surface area (Å²) in [5, 5.41) is 6.73. The summed E-state index contributed by atoms with van der Waals surface area (Å²) < 4.78 is 1.48. The summed E-state index contributed by atoms with van der Waals surface area (Å²) in [6.45, 7) is 3.96. The first-order chi connectivity index (χ1) is 6.56. The van der Waals surface area contributed by atoms with Gasteiger partial charge in [0.2, 0.25) is 0 Å². The highest BCUT2D eigenvalue weighted by molar-refractivity contribution is 5.98. The van der Waals surface area contributed by atoms with E-state index in [0.717, 1.165) is 6.42 Å². The molecule has 78 valence electrons. The third kappa shape index (κ3) is 2.04. The van der Waals surface area contributed by atoms with Crippen LogP contribution in [0.1, 0.15) is 30.6 Å². The van der Waals surface area contributed by atoms with Crippen LogP contribution in [-0.2, 0) is 7.05 Å². The molecule has 5 nitrogen and oxygen atoms in total. The number of carbonyl (C=O) groups excluding carboxylic acids is 1. The molecule has 0 spiro atoms. The summed E-state index contributed by atoms with van der Waals surface area (Å²) >= 11 is 0. The van der Waals surface area contributed by atoms with Crippen LogP contribution in [0.5, 0.6) is 0 Å². The Balaban J connectivity index is 2.75. The quantitative estimate of drug-likeness (QED) is 0.740. The minimum Gasteiger partial charge on any atom is -0.383 e. The Labute approximate surface area is 83.3 Å². The second-order valence-corrected chi connectivity index (χ2v) is 3.35. The second-order valence-electron chi connectivity index (χ2n) is 3.35. The summed E-state index contributed by atoms with van der Waals surface area (Å²) in [6, 6.07) is 0.155.